The third-order valence-electron chi connectivity index (χ3n) is 4.68. The first-order valence-corrected chi connectivity index (χ1v) is 11.4. The quantitative estimate of drug-likeness (QED) is 0.537. The molecule has 0 bridgehead atoms. The molecule has 0 saturated carbocycles. The number of aromatic nitrogens is 2. The predicted molar refractivity (Wildman–Crippen MR) is 118 cm³/mol. The Morgan fingerprint density at radius 1 is 1.32 bits per heavy atom. The van der Waals surface area contributed by atoms with Crippen LogP contribution in [0.15, 0.2) is 52.3 Å². The van der Waals surface area contributed by atoms with Crippen LogP contribution in [0.2, 0.25) is 0 Å². The van der Waals surface area contributed by atoms with Gasteiger partial charge in [-0.2, -0.15) is 0 Å². The van der Waals surface area contributed by atoms with Crippen LogP contribution in [0.1, 0.15) is 12.5 Å². The van der Waals surface area contributed by atoms with E-state index in [1.807, 2.05) is 24.3 Å². The van der Waals surface area contributed by atoms with Crippen molar-refractivity contribution in [3.63, 3.8) is 0 Å². The number of nitrogens with zero attached hydrogens (tertiary/aromatic N) is 3. The van der Waals surface area contributed by atoms with Gasteiger partial charge in [0.2, 0.25) is 5.91 Å². The summed E-state index contributed by atoms with van der Waals surface area (Å²) in [5.74, 6) is 0.134. The molecule has 0 spiro atoms. The van der Waals surface area contributed by atoms with Crippen LogP contribution in [-0.2, 0) is 15.3 Å². The number of carbonyl (C=O) groups excluding carboxylic acids is 2. The van der Waals surface area contributed by atoms with Gasteiger partial charge in [-0.3, -0.25) is 9.69 Å². The number of thioether (sulfide) groups is 1. The van der Waals surface area contributed by atoms with E-state index in [9.17, 15) is 14.0 Å². The molecule has 0 unspecified atom stereocenters. The molecule has 2 amide bonds. The minimum atomic E-state index is -0.556. The number of carbonyl (C=O) groups is 2. The number of amides is 2. The van der Waals surface area contributed by atoms with Gasteiger partial charge in [0, 0.05) is 18.2 Å². The van der Waals surface area contributed by atoms with Crippen LogP contribution in [0.5, 0.6) is 0 Å². The normalized spacial score (nSPS) is 15.7. The molecule has 1 fully saturated rings. The molecule has 2 aromatic carbocycles. The van der Waals surface area contributed by atoms with Gasteiger partial charge in [0.25, 0.3) is 0 Å². The topological polar surface area (TPSA) is 84.4 Å². The second-order valence-corrected chi connectivity index (χ2v) is 8.96. The number of hydrogen-bond donors (Lipinski definition) is 1. The molecule has 1 aromatic heterocycles. The van der Waals surface area contributed by atoms with E-state index in [0.29, 0.717) is 11.3 Å². The van der Waals surface area contributed by atoms with Gasteiger partial charge in [-0.15, -0.1) is 10.2 Å². The number of anilines is 1. The van der Waals surface area contributed by atoms with Crippen LogP contribution in [-0.4, -0.2) is 41.4 Å². The zero-order valence-electron chi connectivity index (χ0n) is 16.6. The van der Waals surface area contributed by atoms with E-state index in [2.05, 4.69) is 15.5 Å². The lowest BCUT2D eigenvalue weighted by molar-refractivity contribution is -0.119. The lowest BCUT2D eigenvalue weighted by Gasteiger charge is -2.14. The molecule has 31 heavy (non-hydrogen) atoms. The van der Waals surface area contributed by atoms with E-state index in [1.54, 1.807) is 29.4 Å². The van der Waals surface area contributed by atoms with Crippen LogP contribution >= 0.6 is 23.1 Å². The minimum Gasteiger partial charge on any atom is -0.442 e. The van der Waals surface area contributed by atoms with Crippen molar-refractivity contribution in [2.45, 2.75) is 23.1 Å². The lowest BCUT2D eigenvalue weighted by atomic mass is 10.0. The van der Waals surface area contributed by atoms with Crippen molar-refractivity contribution in [2.24, 2.45) is 0 Å². The molecule has 1 N–H and O–H groups in total. The fourth-order valence-electron chi connectivity index (χ4n) is 3.15. The molecule has 160 valence electrons. The maximum absolute atomic E-state index is 14.8. The number of benzene rings is 2. The van der Waals surface area contributed by atoms with E-state index in [1.165, 1.54) is 29.2 Å². The molecule has 2 heterocycles. The lowest BCUT2D eigenvalue weighted by Crippen LogP contribution is -2.33. The summed E-state index contributed by atoms with van der Waals surface area (Å²) in [5.41, 5.74) is 4.42. The van der Waals surface area contributed by atoms with Crippen molar-refractivity contribution in [2.75, 3.05) is 18.0 Å². The van der Waals surface area contributed by atoms with Gasteiger partial charge in [-0.05, 0) is 29.3 Å². The predicted octanol–water partition coefficient (Wildman–Crippen LogP) is 4.10. The van der Waals surface area contributed by atoms with Crippen LogP contribution in [0.25, 0.3) is 11.1 Å². The Labute approximate surface area is 186 Å². The maximum atomic E-state index is 14.8. The van der Waals surface area contributed by atoms with Crippen molar-refractivity contribution in [3.05, 3.63) is 59.4 Å². The SMILES string of the molecule is CC(=O)NC[C@H]1CN(c2ccc(-c3ccc(CSc4nncs4)cc3)c(F)c2)C(=O)O1. The number of halogens is 1. The molecule has 1 aliphatic heterocycles. The summed E-state index contributed by atoms with van der Waals surface area (Å²) in [7, 11) is 0. The summed E-state index contributed by atoms with van der Waals surface area (Å²) in [5, 5.41) is 10.4. The van der Waals surface area contributed by atoms with Crippen molar-refractivity contribution in [3.8, 4) is 11.1 Å². The number of rotatable bonds is 7. The molecular formula is C21H19FN4O3S2. The van der Waals surface area contributed by atoms with Gasteiger partial charge in [0.15, 0.2) is 4.34 Å². The Morgan fingerprint density at radius 3 is 2.81 bits per heavy atom. The Bertz CT molecular complexity index is 1080. The second-order valence-electron chi connectivity index (χ2n) is 6.91. The monoisotopic (exact) mass is 458 g/mol. The standard InChI is InChI=1S/C21H19FN4O3S2/c1-13(27)23-9-17-10-26(21(28)29-17)16-6-7-18(19(22)8-16)15-4-2-14(3-5-15)11-30-20-25-24-12-31-20/h2-8,12,17H,9-11H2,1H3,(H,23,27)/t17-/m0/s1. The summed E-state index contributed by atoms with van der Waals surface area (Å²) in [4.78, 5) is 24.5. The van der Waals surface area contributed by atoms with Crippen molar-refractivity contribution < 1.29 is 18.7 Å². The molecule has 1 atom stereocenters. The largest absolute Gasteiger partial charge is 0.442 e. The van der Waals surface area contributed by atoms with Crippen LogP contribution < -0.4 is 10.2 Å². The van der Waals surface area contributed by atoms with E-state index in [0.717, 1.165) is 21.2 Å². The van der Waals surface area contributed by atoms with Crippen LogP contribution in [0, 0.1) is 5.82 Å². The first kappa shape index (κ1) is 21.3. The van der Waals surface area contributed by atoms with Gasteiger partial charge in [-0.25, -0.2) is 9.18 Å². The highest BCUT2D eigenvalue weighted by atomic mass is 32.2. The third-order valence-corrected chi connectivity index (χ3v) is 6.62. The van der Waals surface area contributed by atoms with E-state index in [4.69, 9.17) is 4.74 Å². The first-order chi connectivity index (χ1) is 15.0. The highest BCUT2D eigenvalue weighted by Crippen LogP contribution is 2.30. The van der Waals surface area contributed by atoms with Gasteiger partial charge in [0.05, 0.1) is 18.8 Å². The molecule has 1 saturated heterocycles. The number of nitrogens with one attached hydrogen (secondary N) is 1. The average molecular weight is 459 g/mol. The van der Waals surface area contributed by atoms with Crippen molar-refractivity contribution in [1.29, 1.82) is 0 Å². The maximum Gasteiger partial charge on any atom is 0.414 e. The zero-order chi connectivity index (χ0) is 21.8. The molecule has 7 nitrogen and oxygen atoms in total. The summed E-state index contributed by atoms with van der Waals surface area (Å²) in [6, 6.07) is 12.4. The van der Waals surface area contributed by atoms with E-state index >= 15 is 0 Å². The highest BCUT2D eigenvalue weighted by Gasteiger charge is 2.32. The number of ether oxygens (including phenoxy) is 1. The molecular weight excluding hydrogens is 439 g/mol. The Hall–Kier alpha value is -2.98. The fraction of sp³-hybridized carbons (Fsp3) is 0.238. The minimum absolute atomic E-state index is 0.199. The Morgan fingerprint density at radius 2 is 2.13 bits per heavy atom. The third kappa shape index (κ3) is 5.20. The summed E-state index contributed by atoms with van der Waals surface area (Å²) in [6.07, 6.45) is -1.02. The van der Waals surface area contributed by atoms with Gasteiger partial charge in [-0.1, -0.05) is 47.4 Å². The number of cyclic esters (lactones) is 1. The first-order valence-electron chi connectivity index (χ1n) is 9.50. The van der Waals surface area contributed by atoms with Gasteiger partial charge in [0.1, 0.15) is 17.4 Å². The summed E-state index contributed by atoms with van der Waals surface area (Å²) < 4.78 is 21.0. The fourth-order valence-corrected chi connectivity index (χ4v) is 4.60. The van der Waals surface area contributed by atoms with E-state index in [-0.39, 0.29) is 19.0 Å². The second kappa shape index (κ2) is 9.44. The molecule has 4 rings (SSSR count). The van der Waals surface area contributed by atoms with Gasteiger partial charge >= 0.3 is 6.09 Å². The van der Waals surface area contributed by atoms with Crippen molar-refractivity contribution >= 4 is 40.8 Å². The van der Waals surface area contributed by atoms with Crippen LogP contribution in [0.4, 0.5) is 14.9 Å². The smallest absolute Gasteiger partial charge is 0.414 e. The van der Waals surface area contributed by atoms with Gasteiger partial charge < -0.3 is 10.1 Å². The zero-order valence-corrected chi connectivity index (χ0v) is 18.2. The van der Waals surface area contributed by atoms with Crippen LogP contribution in [0.3, 0.4) is 0 Å². The van der Waals surface area contributed by atoms with E-state index < -0.39 is 18.0 Å². The highest BCUT2D eigenvalue weighted by molar-refractivity contribution is 8.00. The summed E-state index contributed by atoms with van der Waals surface area (Å²) in [6.45, 7) is 1.87. The molecule has 0 aliphatic carbocycles. The average Bonchev–Trinajstić information content (AvgIpc) is 3.41. The Kier molecular flexibility index (Phi) is 6.47. The molecule has 1 aliphatic rings. The molecule has 10 heteroatoms. The van der Waals surface area contributed by atoms with Crippen molar-refractivity contribution in [1.82, 2.24) is 15.5 Å². The summed E-state index contributed by atoms with van der Waals surface area (Å²) >= 11 is 3.10. The Balaban J connectivity index is 1.42. The molecule has 0 radical (unpaired) electrons. The number of hydrogen-bond acceptors (Lipinski definition) is 7. The molecule has 3 aromatic rings.